The first-order chi connectivity index (χ1) is 20.6. The summed E-state index contributed by atoms with van der Waals surface area (Å²) >= 11 is 0. The van der Waals surface area contributed by atoms with Crippen molar-refractivity contribution in [2.45, 2.75) is 103 Å². The molecule has 0 aliphatic rings. The molecule has 1 heterocycles. The molecule has 0 bridgehead atoms. The van der Waals surface area contributed by atoms with Crippen LogP contribution in [0.2, 0.25) is 0 Å². The molecule has 0 unspecified atom stereocenters. The predicted octanol–water partition coefficient (Wildman–Crippen LogP) is 8.47. The molecule has 0 atom stereocenters. The second kappa shape index (κ2) is 28.6. The Bertz CT molecular complexity index is 1110. The quantitative estimate of drug-likeness (QED) is 0.230. The van der Waals surface area contributed by atoms with E-state index in [1.54, 1.807) is 0 Å². The van der Waals surface area contributed by atoms with Crippen LogP contribution in [0.15, 0.2) is 105 Å². The number of benzene rings is 3. The molecule has 4 rings (SSSR count). The molecule has 0 amide bonds. The number of hydrogen-bond donors (Lipinski definition) is 0. The summed E-state index contributed by atoms with van der Waals surface area (Å²) in [5.74, 6) is 0. The van der Waals surface area contributed by atoms with E-state index in [4.69, 9.17) is 0 Å². The van der Waals surface area contributed by atoms with Crippen LogP contribution in [0.3, 0.4) is 0 Å². The van der Waals surface area contributed by atoms with Crippen molar-refractivity contribution >= 4 is 0 Å². The molecule has 0 saturated carbocycles. The first kappa shape index (κ1) is 42.5. The van der Waals surface area contributed by atoms with Crippen LogP contribution >= 0.6 is 0 Å². The topological polar surface area (TPSA) is 66.0 Å². The normalized spacial score (nSPS) is 8.57. The van der Waals surface area contributed by atoms with E-state index in [1.165, 1.54) is 0 Å². The van der Waals surface area contributed by atoms with Gasteiger partial charge in [0.05, 0.1) is 19.6 Å². The van der Waals surface area contributed by atoms with Gasteiger partial charge in [0, 0.05) is 0 Å². The lowest BCUT2D eigenvalue weighted by Gasteiger charge is -2.14. The Labute approximate surface area is 255 Å². The lowest BCUT2D eigenvalue weighted by atomic mass is 10.2. The zero-order valence-corrected chi connectivity index (χ0v) is 28.3. The molecule has 0 N–H and O–H groups in total. The lowest BCUT2D eigenvalue weighted by molar-refractivity contribution is 0.492. The molecule has 1 aromatic heterocycles. The highest BCUT2D eigenvalue weighted by Gasteiger charge is 2.16. The van der Waals surface area contributed by atoms with Crippen molar-refractivity contribution in [2.75, 3.05) is 0 Å². The minimum absolute atomic E-state index is 0.0996. The second-order valence-corrected chi connectivity index (χ2v) is 7.06. The van der Waals surface area contributed by atoms with Crippen molar-refractivity contribution in [3.05, 3.63) is 139 Å². The molecule has 0 spiro atoms. The molecule has 4 aromatic rings. The third kappa shape index (κ3) is 14.1. The highest BCUT2D eigenvalue weighted by atomic mass is 16.2. The maximum atomic E-state index is 13.1. The van der Waals surface area contributed by atoms with Gasteiger partial charge in [-0.3, -0.25) is 0 Å². The van der Waals surface area contributed by atoms with E-state index in [0.717, 1.165) is 30.4 Å². The molecule has 6 heteroatoms. The molecule has 6 nitrogen and oxygen atoms in total. The minimum atomic E-state index is -0.609. The SMILES string of the molecule is CC.CC.CC.CC.CC.CC.O=c1n(Cc2ccccc2)c(=O)n(Cc2ccccc2)c(=O)n1Cc1ccccc1. The maximum absolute atomic E-state index is 13.1. The Morgan fingerprint density at radius 2 is 0.500 bits per heavy atom. The molecular formula is C36H57N3O3. The largest absolute Gasteiger partial charge is 0.336 e. The zero-order chi connectivity index (χ0) is 32.9. The Balaban J connectivity index is -0.00000113. The highest BCUT2D eigenvalue weighted by molar-refractivity contribution is 5.17. The van der Waals surface area contributed by atoms with Crippen molar-refractivity contribution in [3.8, 4) is 0 Å². The van der Waals surface area contributed by atoms with Crippen LogP contribution < -0.4 is 17.1 Å². The van der Waals surface area contributed by atoms with E-state index in [0.29, 0.717) is 0 Å². The summed E-state index contributed by atoms with van der Waals surface area (Å²) in [5.41, 5.74) is 0.611. The Hall–Kier alpha value is -3.93. The van der Waals surface area contributed by atoms with Gasteiger partial charge in [-0.2, -0.15) is 0 Å². The van der Waals surface area contributed by atoms with Gasteiger partial charge in [-0.15, -0.1) is 0 Å². The zero-order valence-electron chi connectivity index (χ0n) is 28.3. The fourth-order valence-corrected chi connectivity index (χ4v) is 3.39. The van der Waals surface area contributed by atoms with Crippen LogP contribution in [-0.2, 0) is 19.6 Å². The molecular weight excluding hydrogens is 522 g/mol. The standard InChI is InChI=1S/C24H21N3O3.6C2H6/c28-22-25(16-19-10-4-1-5-11-19)23(29)27(18-21-14-8-3-9-15-21)24(30)26(22)17-20-12-6-2-7-13-20;6*1-2/h1-15H,16-18H2;6*1-2H3. The minimum Gasteiger partial charge on any atom is -0.247 e. The summed E-state index contributed by atoms with van der Waals surface area (Å²) in [6, 6.07) is 27.8. The van der Waals surface area contributed by atoms with Crippen LogP contribution in [0.1, 0.15) is 99.8 Å². The van der Waals surface area contributed by atoms with Crippen molar-refractivity contribution in [1.29, 1.82) is 0 Å². The van der Waals surface area contributed by atoms with E-state index >= 15 is 0 Å². The number of rotatable bonds is 6. The molecule has 0 aliphatic heterocycles. The molecule has 234 valence electrons. The van der Waals surface area contributed by atoms with Gasteiger partial charge in [0.1, 0.15) is 0 Å². The fourth-order valence-electron chi connectivity index (χ4n) is 3.39. The predicted molar refractivity (Wildman–Crippen MR) is 184 cm³/mol. The van der Waals surface area contributed by atoms with Crippen molar-refractivity contribution in [3.63, 3.8) is 0 Å². The molecule has 42 heavy (non-hydrogen) atoms. The van der Waals surface area contributed by atoms with Crippen molar-refractivity contribution in [2.24, 2.45) is 0 Å². The number of hydrogen-bond acceptors (Lipinski definition) is 3. The summed E-state index contributed by atoms with van der Waals surface area (Å²) in [4.78, 5) is 39.4. The first-order valence-electron chi connectivity index (χ1n) is 15.7. The maximum Gasteiger partial charge on any atom is 0.336 e. The van der Waals surface area contributed by atoms with Crippen LogP contribution in [0, 0.1) is 0 Å². The van der Waals surface area contributed by atoms with Gasteiger partial charge in [0.15, 0.2) is 0 Å². The fraction of sp³-hybridized carbons (Fsp3) is 0.417. The molecule has 0 saturated heterocycles. The van der Waals surface area contributed by atoms with Gasteiger partial charge >= 0.3 is 17.1 Å². The van der Waals surface area contributed by atoms with Crippen LogP contribution in [0.5, 0.6) is 0 Å². The molecule has 0 aliphatic carbocycles. The van der Waals surface area contributed by atoms with Gasteiger partial charge in [-0.1, -0.05) is 174 Å². The Kier molecular flexibility index (Phi) is 29.0. The van der Waals surface area contributed by atoms with Gasteiger partial charge in [-0.05, 0) is 16.7 Å². The van der Waals surface area contributed by atoms with E-state index in [9.17, 15) is 14.4 Å². The van der Waals surface area contributed by atoms with Crippen molar-refractivity contribution < 1.29 is 0 Å². The average molecular weight is 580 g/mol. The number of nitrogens with zero attached hydrogens (tertiary/aromatic N) is 3. The first-order valence-corrected chi connectivity index (χ1v) is 15.7. The van der Waals surface area contributed by atoms with E-state index < -0.39 is 17.1 Å². The van der Waals surface area contributed by atoms with Crippen LogP contribution in [0.4, 0.5) is 0 Å². The summed E-state index contributed by atoms with van der Waals surface area (Å²) in [7, 11) is 0. The Morgan fingerprint density at radius 1 is 0.333 bits per heavy atom. The lowest BCUT2D eigenvalue weighted by Crippen LogP contribution is -2.54. The highest BCUT2D eigenvalue weighted by Crippen LogP contribution is 2.02. The van der Waals surface area contributed by atoms with Gasteiger partial charge < -0.3 is 0 Å². The smallest absolute Gasteiger partial charge is 0.247 e. The molecule has 0 radical (unpaired) electrons. The van der Waals surface area contributed by atoms with E-state index in [1.807, 2.05) is 174 Å². The van der Waals surface area contributed by atoms with Crippen LogP contribution in [-0.4, -0.2) is 13.7 Å². The summed E-state index contributed by atoms with van der Waals surface area (Å²) in [6.07, 6.45) is 0. The third-order valence-corrected chi connectivity index (χ3v) is 4.94. The van der Waals surface area contributed by atoms with Crippen LogP contribution in [0.25, 0.3) is 0 Å². The number of aromatic nitrogens is 3. The summed E-state index contributed by atoms with van der Waals surface area (Å²) in [6.45, 7) is 24.3. The Morgan fingerprint density at radius 3 is 0.667 bits per heavy atom. The average Bonchev–Trinajstić information content (AvgIpc) is 3.10. The monoisotopic (exact) mass is 579 g/mol. The van der Waals surface area contributed by atoms with Crippen molar-refractivity contribution in [1.82, 2.24) is 13.7 Å². The van der Waals surface area contributed by atoms with Gasteiger partial charge in [0.25, 0.3) is 0 Å². The van der Waals surface area contributed by atoms with Gasteiger partial charge in [0.2, 0.25) is 0 Å². The third-order valence-electron chi connectivity index (χ3n) is 4.94. The second-order valence-electron chi connectivity index (χ2n) is 7.06. The van der Waals surface area contributed by atoms with E-state index in [2.05, 4.69) is 0 Å². The molecule has 3 aromatic carbocycles. The summed E-state index contributed by atoms with van der Waals surface area (Å²) in [5, 5.41) is 0. The van der Waals surface area contributed by atoms with E-state index in [-0.39, 0.29) is 19.6 Å². The van der Waals surface area contributed by atoms with Gasteiger partial charge in [-0.25, -0.2) is 28.1 Å². The summed E-state index contributed by atoms with van der Waals surface area (Å²) < 4.78 is 3.38. The molecule has 0 fully saturated rings.